The zero-order chi connectivity index (χ0) is 18.1. The van der Waals surface area contributed by atoms with Crippen LogP contribution >= 0.6 is 0 Å². The Morgan fingerprint density at radius 3 is 2.96 bits per heavy atom. The summed E-state index contributed by atoms with van der Waals surface area (Å²) in [6, 6.07) is 14.3. The number of hydrogen-bond donors (Lipinski definition) is 2. The lowest BCUT2D eigenvalue weighted by Gasteiger charge is -2.25. The van der Waals surface area contributed by atoms with Crippen LogP contribution in [-0.2, 0) is 11.2 Å². The van der Waals surface area contributed by atoms with E-state index < -0.39 is 0 Å². The summed E-state index contributed by atoms with van der Waals surface area (Å²) in [5.41, 5.74) is 6.54. The average molecular weight is 348 g/mol. The molecule has 0 bridgehead atoms. The van der Waals surface area contributed by atoms with E-state index in [0.717, 1.165) is 24.9 Å². The normalized spacial score (nSPS) is 16.3. The molecule has 134 valence electrons. The fourth-order valence-electron chi connectivity index (χ4n) is 3.90. The van der Waals surface area contributed by atoms with E-state index in [1.54, 1.807) is 0 Å². The van der Waals surface area contributed by atoms with Crippen molar-refractivity contribution in [2.24, 2.45) is 0 Å². The standard InChI is InChI=1S/C22H24N2O2/c1-3-26-22(25)16-7-4-5-9-18(16)23-20-10-6-8-15-17-13-14(2)11-12-19(17)24-21(15)20/h4-5,7,9,11-13,20,23-24H,3,6,8,10H2,1-2H3/t20-/m1/s1. The van der Waals surface area contributed by atoms with Gasteiger partial charge in [0.1, 0.15) is 0 Å². The molecule has 3 aromatic rings. The number of aromatic nitrogens is 1. The molecule has 0 spiro atoms. The van der Waals surface area contributed by atoms with E-state index in [0.29, 0.717) is 12.2 Å². The van der Waals surface area contributed by atoms with Crippen molar-refractivity contribution in [1.82, 2.24) is 4.98 Å². The molecule has 1 aliphatic rings. The van der Waals surface area contributed by atoms with Crippen LogP contribution in [0.2, 0.25) is 0 Å². The van der Waals surface area contributed by atoms with Crippen molar-refractivity contribution >= 4 is 22.6 Å². The Morgan fingerprint density at radius 2 is 2.12 bits per heavy atom. The number of aromatic amines is 1. The first-order chi connectivity index (χ1) is 12.7. The van der Waals surface area contributed by atoms with Gasteiger partial charge < -0.3 is 15.0 Å². The van der Waals surface area contributed by atoms with Crippen molar-refractivity contribution in [3.63, 3.8) is 0 Å². The molecule has 0 radical (unpaired) electrons. The van der Waals surface area contributed by atoms with E-state index in [4.69, 9.17) is 4.74 Å². The Hall–Kier alpha value is -2.75. The average Bonchev–Trinajstić information content (AvgIpc) is 3.01. The number of hydrogen-bond acceptors (Lipinski definition) is 3. The van der Waals surface area contributed by atoms with E-state index in [-0.39, 0.29) is 12.0 Å². The van der Waals surface area contributed by atoms with E-state index >= 15 is 0 Å². The summed E-state index contributed by atoms with van der Waals surface area (Å²) >= 11 is 0. The van der Waals surface area contributed by atoms with Crippen LogP contribution in [-0.4, -0.2) is 17.6 Å². The number of carbonyl (C=O) groups is 1. The fourth-order valence-corrected chi connectivity index (χ4v) is 3.90. The molecule has 1 heterocycles. The van der Waals surface area contributed by atoms with Crippen LogP contribution in [0.1, 0.15) is 53.0 Å². The number of fused-ring (bicyclic) bond motifs is 3. The zero-order valence-electron chi connectivity index (χ0n) is 15.3. The van der Waals surface area contributed by atoms with Crippen molar-refractivity contribution in [3.05, 3.63) is 64.8 Å². The molecule has 1 aliphatic carbocycles. The number of aryl methyl sites for hydroxylation is 2. The maximum Gasteiger partial charge on any atom is 0.340 e. The number of rotatable bonds is 4. The van der Waals surface area contributed by atoms with Crippen molar-refractivity contribution in [2.45, 2.75) is 39.2 Å². The largest absolute Gasteiger partial charge is 0.462 e. The number of benzene rings is 2. The summed E-state index contributed by atoms with van der Waals surface area (Å²) in [6.45, 7) is 4.34. The number of para-hydroxylation sites is 1. The summed E-state index contributed by atoms with van der Waals surface area (Å²) in [7, 11) is 0. The maximum atomic E-state index is 12.3. The minimum absolute atomic E-state index is 0.169. The maximum absolute atomic E-state index is 12.3. The third kappa shape index (κ3) is 2.96. The number of H-pyrrole nitrogens is 1. The van der Waals surface area contributed by atoms with Gasteiger partial charge in [-0.1, -0.05) is 23.8 Å². The van der Waals surface area contributed by atoms with Gasteiger partial charge in [-0.2, -0.15) is 0 Å². The molecule has 0 unspecified atom stereocenters. The molecule has 2 N–H and O–H groups in total. The fraction of sp³-hybridized carbons (Fsp3) is 0.318. The first kappa shape index (κ1) is 16.7. The van der Waals surface area contributed by atoms with Gasteiger partial charge in [-0.3, -0.25) is 0 Å². The van der Waals surface area contributed by atoms with Crippen LogP contribution in [0, 0.1) is 6.92 Å². The van der Waals surface area contributed by atoms with Gasteiger partial charge in [0.25, 0.3) is 0 Å². The molecule has 4 heteroatoms. The molecule has 26 heavy (non-hydrogen) atoms. The number of nitrogens with one attached hydrogen (secondary N) is 2. The first-order valence-corrected chi connectivity index (χ1v) is 9.31. The number of carbonyl (C=O) groups excluding carboxylic acids is 1. The Morgan fingerprint density at radius 1 is 1.27 bits per heavy atom. The Labute approximate surface area is 153 Å². The Kier molecular flexibility index (Phi) is 4.41. The SMILES string of the molecule is CCOC(=O)c1ccccc1N[C@@H]1CCCc2c1[nH]c1ccc(C)cc21. The molecule has 4 rings (SSSR count). The molecular weight excluding hydrogens is 324 g/mol. The molecule has 4 nitrogen and oxygen atoms in total. The number of anilines is 1. The minimum Gasteiger partial charge on any atom is -0.462 e. The van der Waals surface area contributed by atoms with Crippen molar-refractivity contribution in [3.8, 4) is 0 Å². The van der Waals surface area contributed by atoms with Gasteiger partial charge >= 0.3 is 5.97 Å². The topological polar surface area (TPSA) is 54.1 Å². The highest BCUT2D eigenvalue weighted by atomic mass is 16.5. The Balaban J connectivity index is 1.70. The summed E-state index contributed by atoms with van der Waals surface area (Å²) in [4.78, 5) is 15.9. The van der Waals surface area contributed by atoms with Gasteiger partial charge in [-0.25, -0.2) is 4.79 Å². The minimum atomic E-state index is -0.279. The van der Waals surface area contributed by atoms with Gasteiger partial charge in [-0.15, -0.1) is 0 Å². The predicted molar refractivity (Wildman–Crippen MR) is 105 cm³/mol. The highest BCUT2D eigenvalue weighted by Crippen LogP contribution is 2.37. The van der Waals surface area contributed by atoms with E-state index in [1.165, 1.54) is 27.7 Å². The van der Waals surface area contributed by atoms with E-state index in [2.05, 4.69) is 35.4 Å². The third-order valence-electron chi connectivity index (χ3n) is 5.11. The highest BCUT2D eigenvalue weighted by Gasteiger charge is 2.25. The molecule has 1 aromatic heterocycles. The molecular formula is C22H24N2O2. The van der Waals surface area contributed by atoms with Crippen LogP contribution < -0.4 is 5.32 Å². The van der Waals surface area contributed by atoms with Gasteiger partial charge in [0.05, 0.1) is 18.2 Å². The van der Waals surface area contributed by atoms with Crippen LogP contribution in [0.3, 0.4) is 0 Å². The number of esters is 1. The highest BCUT2D eigenvalue weighted by molar-refractivity contribution is 5.95. The van der Waals surface area contributed by atoms with Gasteiger partial charge in [0.15, 0.2) is 0 Å². The van der Waals surface area contributed by atoms with Crippen LogP contribution in [0.25, 0.3) is 10.9 Å². The molecule has 0 aliphatic heterocycles. The summed E-state index contributed by atoms with van der Waals surface area (Å²) in [5, 5.41) is 4.91. The Bertz CT molecular complexity index is 958. The molecule has 0 saturated carbocycles. The second kappa shape index (κ2) is 6.87. The number of ether oxygens (including phenoxy) is 1. The summed E-state index contributed by atoms with van der Waals surface area (Å²) < 4.78 is 5.20. The second-order valence-electron chi connectivity index (χ2n) is 6.92. The quantitative estimate of drug-likeness (QED) is 0.642. The molecule has 0 saturated heterocycles. The zero-order valence-corrected chi connectivity index (χ0v) is 15.3. The summed E-state index contributed by atoms with van der Waals surface area (Å²) in [5.74, 6) is -0.279. The molecule has 1 atom stereocenters. The van der Waals surface area contributed by atoms with E-state index in [9.17, 15) is 4.79 Å². The van der Waals surface area contributed by atoms with E-state index in [1.807, 2.05) is 31.2 Å². The van der Waals surface area contributed by atoms with Crippen molar-refractivity contribution in [1.29, 1.82) is 0 Å². The van der Waals surface area contributed by atoms with Gasteiger partial charge in [0, 0.05) is 22.3 Å². The lowest BCUT2D eigenvalue weighted by atomic mass is 9.91. The molecule has 2 aromatic carbocycles. The van der Waals surface area contributed by atoms with Crippen LogP contribution in [0.5, 0.6) is 0 Å². The second-order valence-corrected chi connectivity index (χ2v) is 6.92. The van der Waals surface area contributed by atoms with Crippen LogP contribution in [0.4, 0.5) is 5.69 Å². The lowest BCUT2D eigenvalue weighted by Crippen LogP contribution is -2.19. The van der Waals surface area contributed by atoms with Crippen molar-refractivity contribution in [2.75, 3.05) is 11.9 Å². The molecule has 0 fully saturated rings. The van der Waals surface area contributed by atoms with Crippen LogP contribution in [0.15, 0.2) is 42.5 Å². The first-order valence-electron chi connectivity index (χ1n) is 9.31. The predicted octanol–water partition coefficient (Wildman–Crippen LogP) is 5.14. The van der Waals surface area contributed by atoms with Gasteiger partial charge in [0.2, 0.25) is 0 Å². The molecule has 0 amide bonds. The van der Waals surface area contributed by atoms with Crippen molar-refractivity contribution < 1.29 is 9.53 Å². The van der Waals surface area contributed by atoms with Gasteiger partial charge in [-0.05, 0) is 62.9 Å². The third-order valence-corrected chi connectivity index (χ3v) is 5.11. The smallest absolute Gasteiger partial charge is 0.340 e. The monoisotopic (exact) mass is 348 g/mol. The lowest BCUT2D eigenvalue weighted by molar-refractivity contribution is 0.0527. The summed E-state index contributed by atoms with van der Waals surface area (Å²) in [6.07, 6.45) is 3.26.